The van der Waals surface area contributed by atoms with E-state index in [-0.39, 0.29) is 9.68 Å². The van der Waals surface area contributed by atoms with Crippen LogP contribution in [-0.4, -0.2) is 38.6 Å². The first-order valence-corrected chi connectivity index (χ1v) is 5.40. The molecule has 1 nitrogen and oxygen atoms in total. The number of hydrogen-bond acceptors (Lipinski definition) is 1. The van der Waals surface area contributed by atoms with Gasteiger partial charge in [-0.2, -0.15) is 0 Å². The van der Waals surface area contributed by atoms with Crippen LogP contribution in [0.4, 0.5) is 0 Å². The summed E-state index contributed by atoms with van der Waals surface area (Å²) in [6, 6.07) is 0. The molecule has 0 aromatic heterocycles. The third-order valence-corrected chi connectivity index (χ3v) is 3.32. The summed E-state index contributed by atoms with van der Waals surface area (Å²) in [6.45, 7) is 4.73. The Hall–Kier alpha value is 0.394. The monoisotopic (exact) mass is 147 g/mol. The van der Waals surface area contributed by atoms with Crippen molar-refractivity contribution < 1.29 is 0 Å². The van der Waals surface area contributed by atoms with E-state index in [4.69, 9.17) is 0 Å². The average Bonchev–Trinajstić information content (AvgIpc) is 1.21. The fourth-order valence-corrected chi connectivity index (χ4v) is 4.74. The minimum atomic E-state index is 0.0795. The van der Waals surface area contributed by atoms with Crippen LogP contribution in [0.5, 0.6) is 0 Å². The highest BCUT2D eigenvalue weighted by molar-refractivity contribution is 6.50. The molecule has 0 aliphatic heterocycles. The zero-order valence-corrected chi connectivity index (χ0v) is 10.1. The van der Waals surface area contributed by atoms with Crippen molar-refractivity contribution in [2.75, 3.05) is 14.1 Å². The molecule has 0 N–H and O–H groups in total. The van der Waals surface area contributed by atoms with E-state index in [2.05, 4.69) is 32.5 Å². The van der Waals surface area contributed by atoms with Crippen LogP contribution in [0, 0.1) is 0 Å². The molecule has 0 unspecified atom stereocenters. The van der Waals surface area contributed by atoms with Crippen LogP contribution in [0.3, 0.4) is 0 Å². The summed E-state index contributed by atoms with van der Waals surface area (Å²) < 4.78 is 3.11. The van der Waals surface area contributed by atoms with Gasteiger partial charge >= 0.3 is 0 Å². The lowest BCUT2D eigenvalue weighted by Gasteiger charge is -2.21. The van der Waals surface area contributed by atoms with Gasteiger partial charge < -0.3 is 4.57 Å². The molecule has 0 amide bonds. The molecule has 0 bridgehead atoms. The first-order chi connectivity index (χ1) is 3.42. The summed E-state index contributed by atoms with van der Waals surface area (Å²) >= 11 is 0. The lowest BCUT2D eigenvalue weighted by Crippen LogP contribution is -2.27. The number of hydrogen-bond donors (Lipinski definition) is 0. The maximum atomic E-state index is 2.38. The molecule has 0 spiro atoms. The van der Waals surface area contributed by atoms with E-state index in [9.17, 15) is 0 Å². The van der Waals surface area contributed by atoms with Gasteiger partial charge in [0.05, 0.1) is 9.68 Å². The molecule has 0 saturated heterocycles. The maximum Gasteiger partial charge on any atom is 0.0964 e. The molecule has 0 saturated carbocycles. The van der Waals surface area contributed by atoms with E-state index in [1.54, 1.807) is 0 Å². The van der Waals surface area contributed by atoms with Crippen molar-refractivity contribution in [3.63, 3.8) is 0 Å². The Balaban J connectivity index is 3.39. The Kier molecular flexibility index (Phi) is 2.94. The smallest absolute Gasteiger partial charge is 0.0964 e. The lowest BCUT2D eigenvalue weighted by molar-refractivity contribution is 0.636. The van der Waals surface area contributed by atoms with E-state index in [1.807, 2.05) is 0 Å². The zero-order chi connectivity index (χ0) is 6.78. The summed E-state index contributed by atoms with van der Waals surface area (Å²) in [7, 11) is 5.80. The quantitative estimate of drug-likeness (QED) is 0.460. The Labute approximate surface area is 57.8 Å². The van der Waals surface area contributed by atoms with Gasteiger partial charge in [0.2, 0.25) is 0 Å². The van der Waals surface area contributed by atoms with Crippen molar-refractivity contribution in [3.05, 3.63) is 0 Å². The molecular weight excluding hydrogens is 130 g/mol. The topological polar surface area (TPSA) is 3.24 Å². The minimum absolute atomic E-state index is 0.0795. The van der Waals surface area contributed by atoms with Crippen LogP contribution in [0.15, 0.2) is 0 Å². The second-order valence-corrected chi connectivity index (χ2v) is 11.6. The summed E-state index contributed by atoms with van der Waals surface area (Å²) in [6.07, 6.45) is 0. The van der Waals surface area contributed by atoms with E-state index in [1.165, 1.54) is 10.2 Å². The van der Waals surface area contributed by atoms with Crippen molar-refractivity contribution >= 4 is 19.9 Å². The number of rotatable bonds is 2. The molecule has 0 aliphatic carbocycles. The van der Waals surface area contributed by atoms with Crippen LogP contribution in [0.1, 0.15) is 13.8 Å². The molecule has 0 aromatic carbocycles. The summed E-state index contributed by atoms with van der Waals surface area (Å²) in [5, 5.41) is 0. The standard InChI is InChI=1S/C5H17NSi2/c1-5(2,7)8-6(3)4/h8H2,1-4,7H3. The molecule has 0 radical (unpaired) electrons. The average molecular weight is 147 g/mol. The highest BCUT2D eigenvalue weighted by Crippen LogP contribution is 2.14. The summed E-state index contributed by atoms with van der Waals surface area (Å²) in [4.78, 5) is 0. The van der Waals surface area contributed by atoms with Gasteiger partial charge in [-0.25, -0.2) is 0 Å². The molecule has 0 rings (SSSR count). The number of nitrogens with zero attached hydrogens (tertiary/aromatic N) is 1. The van der Waals surface area contributed by atoms with Crippen LogP contribution in [0.25, 0.3) is 0 Å². The Morgan fingerprint density at radius 1 is 1.38 bits per heavy atom. The molecule has 3 heteroatoms. The van der Waals surface area contributed by atoms with Gasteiger partial charge in [0.15, 0.2) is 0 Å². The van der Waals surface area contributed by atoms with Crippen LogP contribution in [0.2, 0.25) is 4.66 Å². The van der Waals surface area contributed by atoms with Gasteiger partial charge in [-0.15, -0.1) is 0 Å². The van der Waals surface area contributed by atoms with Gasteiger partial charge in [0.25, 0.3) is 0 Å². The largest absolute Gasteiger partial charge is 0.334 e. The Morgan fingerprint density at radius 2 is 1.75 bits per heavy atom. The predicted molar refractivity (Wildman–Crippen MR) is 46.2 cm³/mol. The summed E-state index contributed by atoms with van der Waals surface area (Å²) in [5.41, 5.74) is 0. The lowest BCUT2D eigenvalue weighted by atomic mass is 10.5. The second kappa shape index (κ2) is 2.80. The van der Waals surface area contributed by atoms with Crippen molar-refractivity contribution in [3.8, 4) is 0 Å². The third kappa shape index (κ3) is 6.39. The SMILES string of the molecule is CN(C)[SiH2]C(C)(C)[SiH3]. The van der Waals surface area contributed by atoms with E-state index < -0.39 is 0 Å². The Bertz CT molecular complexity index is 65.3. The summed E-state index contributed by atoms with van der Waals surface area (Å²) in [5.74, 6) is 0. The predicted octanol–water partition coefficient (Wildman–Crippen LogP) is -0.847. The molecule has 0 heterocycles. The second-order valence-electron chi connectivity index (χ2n) is 3.80. The van der Waals surface area contributed by atoms with Crippen molar-refractivity contribution in [1.29, 1.82) is 0 Å². The highest BCUT2D eigenvalue weighted by Gasteiger charge is 2.11. The van der Waals surface area contributed by atoms with Crippen molar-refractivity contribution in [2.45, 2.75) is 18.5 Å². The first-order valence-electron chi connectivity index (χ1n) is 3.06. The van der Waals surface area contributed by atoms with Gasteiger partial charge in [0.1, 0.15) is 0 Å². The molecule has 0 aromatic rings. The fourth-order valence-electron chi connectivity index (χ4n) is 0.949. The Morgan fingerprint density at radius 3 is 1.75 bits per heavy atom. The molecular formula is C5H17NSi2. The molecule has 0 aliphatic rings. The normalized spacial score (nSPS) is 14.6. The third-order valence-electron chi connectivity index (χ3n) is 0.791. The van der Waals surface area contributed by atoms with Gasteiger partial charge in [-0.1, -0.05) is 13.8 Å². The van der Waals surface area contributed by atoms with E-state index in [0.717, 1.165) is 4.66 Å². The molecule has 50 valence electrons. The van der Waals surface area contributed by atoms with Crippen LogP contribution >= 0.6 is 0 Å². The highest BCUT2D eigenvalue weighted by atomic mass is 28.3. The maximum absolute atomic E-state index is 2.38. The van der Waals surface area contributed by atoms with Gasteiger partial charge in [-0.05, 0) is 18.8 Å². The first kappa shape index (κ1) is 8.39. The fraction of sp³-hybridized carbons (Fsp3) is 1.00. The van der Waals surface area contributed by atoms with Gasteiger partial charge in [-0.3, -0.25) is 0 Å². The minimum Gasteiger partial charge on any atom is -0.334 e. The van der Waals surface area contributed by atoms with Crippen molar-refractivity contribution in [1.82, 2.24) is 4.57 Å². The van der Waals surface area contributed by atoms with E-state index in [0.29, 0.717) is 0 Å². The van der Waals surface area contributed by atoms with Crippen LogP contribution in [-0.2, 0) is 0 Å². The molecule has 0 fully saturated rings. The van der Waals surface area contributed by atoms with Gasteiger partial charge in [0, 0.05) is 10.2 Å². The van der Waals surface area contributed by atoms with Crippen LogP contribution < -0.4 is 0 Å². The molecule has 8 heavy (non-hydrogen) atoms. The molecule has 0 atom stereocenters. The van der Waals surface area contributed by atoms with Crippen molar-refractivity contribution in [2.24, 2.45) is 0 Å². The van der Waals surface area contributed by atoms with E-state index >= 15 is 0 Å². The zero-order valence-electron chi connectivity index (χ0n) is 6.65.